The van der Waals surface area contributed by atoms with Crippen LogP contribution in [0.25, 0.3) is 0 Å². The van der Waals surface area contributed by atoms with E-state index in [0.717, 1.165) is 0 Å². The van der Waals surface area contributed by atoms with Crippen molar-refractivity contribution in [2.24, 2.45) is 22.2 Å². The lowest BCUT2D eigenvalue weighted by Gasteiger charge is -2.24. The van der Waals surface area contributed by atoms with E-state index < -0.39 is 54.5 Å². The molecule has 34 heavy (non-hydrogen) atoms. The third-order valence-electron chi connectivity index (χ3n) is 4.52. The fraction of sp³-hybridized carbons (Fsp3) is 0.556. The molecule has 0 radical (unpaired) electrons. The molecular weight excluding hydrogens is 470 g/mol. The Morgan fingerprint density at radius 3 is 2.24 bits per heavy atom. The van der Waals surface area contributed by atoms with E-state index in [9.17, 15) is 24.3 Å². The van der Waals surface area contributed by atoms with Crippen LogP contribution in [0.2, 0.25) is 0 Å². The maximum atomic E-state index is 12.9. The summed E-state index contributed by atoms with van der Waals surface area (Å²) in [6.45, 7) is -0.466. The van der Waals surface area contributed by atoms with E-state index in [1.54, 1.807) is 0 Å². The number of aliphatic hydroxyl groups excluding tert-OH is 1. The molecule has 0 aliphatic heterocycles. The Morgan fingerprint density at radius 1 is 1.09 bits per heavy atom. The summed E-state index contributed by atoms with van der Waals surface area (Å²) in [5, 5.41) is 25.7. The second-order valence-corrected chi connectivity index (χ2v) is 7.59. The van der Waals surface area contributed by atoms with Gasteiger partial charge in [-0.2, -0.15) is 12.6 Å². The van der Waals surface area contributed by atoms with E-state index in [2.05, 4.69) is 43.5 Å². The first-order valence-corrected chi connectivity index (χ1v) is 10.9. The van der Waals surface area contributed by atoms with Gasteiger partial charge in [0.15, 0.2) is 5.96 Å². The quantitative estimate of drug-likeness (QED) is 0.0479. The van der Waals surface area contributed by atoms with Crippen molar-refractivity contribution in [1.82, 2.24) is 25.9 Å². The number of carbonyl (C=O) groups excluding carboxylic acids is 3. The molecule has 1 aromatic rings. The number of aromatic amines is 1. The Labute approximate surface area is 200 Å². The van der Waals surface area contributed by atoms with Crippen molar-refractivity contribution in [3.05, 3.63) is 18.2 Å². The lowest BCUT2D eigenvalue weighted by Crippen LogP contribution is -2.58. The number of amides is 3. The van der Waals surface area contributed by atoms with E-state index >= 15 is 0 Å². The molecule has 0 aliphatic rings. The Bertz CT molecular complexity index is 847. The van der Waals surface area contributed by atoms with E-state index in [-0.39, 0.29) is 37.5 Å². The predicted octanol–water partition coefficient (Wildman–Crippen LogP) is -4.21. The number of aliphatic carboxylic acids is 1. The first-order chi connectivity index (χ1) is 16.1. The van der Waals surface area contributed by atoms with Gasteiger partial charge in [0.2, 0.25) is 17.7 Å². The molecule has 0 saturated carbocycles. The van der Waals surface area contributed by atoms with Gasteiger partial charge in [-0.1, -0.05) is 0 Å². The maximum absolute atomic E-state index is 12.9. The lowest BCUT2D eigenvalue weighted by molar-refractivity contribution is -0.142. The van der Waals surface area contributed by atoms with Crippen LogP contribution in [0.15, 0.2) is 17.5 Å². The van der Waals surface area contributed by atoms with Crippen molar-refractivity contribution in [2.45, 2.75) is 43.4 Å². The summed E-state index contributed by atoms with van der Waals surface area (Å²) >= 11 is 4.03. The molecular formula is C18H31N9O6S. The highest BCUT2D eigenvalue weighted by molar-refractivity contribution is 7.80. The molecule has 0 aromatic carbocycles. The van der Waals surface area contributed by atoms with Crippen molar-refractivity contribution < 1.29 is 29.4 Å². The van der Waals surface area contributed by atoms with E-state index in [4.69, 9.17) is 22.3 Å². The molecule has 1 rings (SSSR count). The van der Waals surface area contributed by atoms with Crippen LogP contribution < -0.4 is 33.2 Å². The number of aliphatic imine (C=N–C) groups is 1. The molecule has 12 N–H and O–H groups in total. The Hall–Kier alpha value is -3.37. The van der Waals surface area contributed by atoms with Crippen LogP contribution in [0.4, 0.5) is 0 Å². The number of hydrogen-bond donors (Lipinski definition) is 10. The first-order valence-electron chi connectivity index (χ1n) is 10.2. The third kappa shape index (κ3) is 10.1. The molecule has 0 bridgehead atoms. The molecule has 0 aliphatic carbocycles. The number of carboxylic acid groups (broad SMARTS) is 1. The predicted molar refractivity (Wildman–Crippen MR) is 125 cm³/mol. The molecule has 0 spiro atoms. The minimum Gasteiger partial charge on any atom is -0.480 e. The number of nitrogens with zero attached hydrogens (tertiary/aromatic N) is 2. The fourth-order valence-corrected chi connectivity index (χ4v) is 2.95. The number of nitrogens with one attached hydrogen (secondary N) is 4. The first kappa shape index (κ1) is 28.7. The topological polar surface area (TPSA) is 264 Å². The van der Waals surface area contributed by atoms with E-state index in [0.29, 0.717) is 5.69 Å². The van der Waals surface area contributed by atoms with E-state index in [1.165, 1.54) is 12.5 Å². The number of nitrogens with two attached hydrogens (primary N) is 3. The average Bonchev–Trinajstić information content (AvgIpc) is 3.30. The number of guanidine groups is 1. The molecule has 1 aromatic heterocycles. The Morgan fingerprint density at radius 2 is 1.71 bits per heavy atom. The molecule has 190 valence electrons. The van der Waals surface area contributed by atoms with Crippen molar-refractivity contribution in [1.29, 1.82) is 0 Å². The average molecular weight is 502 g/mol. The lowest BCUT2D eigenvalue weighted by atomic mass is 10.1. The second kappa shape index (κ2) is 14.7. The van der Waals surface area contributed by atoms with Crippen LogP contribution in [0.5, 0.6) is 0 Å². The summed E-state index contributed by atoms with van der Waals surface area (Å²) in [5.74, 6) is -3.86. The minimum absolute atomic E-state index is 0.0636. The van der Waals surface area contributed by atoms with Crippen LogP contribution in [0.1, 0.15) is 18.5 Å². The van der Waals surface area contributed by atoms with Gasteiger partial charge < -0.3 is 48.3 Å². The van der Waals surface area contributed by atoms with Crippen LogP contribution in [0, 0.1) is 0 Å². The summed E-state index contributed by atoms with van der Waals surface area (Å²) in [5.41, 5.74) is 16.5. The zero-order valence-electron chi connectivity index (χ0n) is 18.3. The number of imidazole rings is 1. The summed E-state index contributed by atoms with van der Waals surface area (Å²) in [4.78, 5) is 59.5. The SMILES string of the molecule is NC(N)=NCCCC(NC(=O)C(CS)NC(=O)C(N)CO)C(=O)NC(Cc1cnc[nH]1)C(=O)O. The molecule has 4 atom stereocenters. The van der Waals surface area contributed by atoms with Crippen molar-refractivity contribution >= 4 is 42.3 Å². The van der Waals surface area contributed by atoms with Gasteiger partial charge in [0.05, 0.1) is 12.9 Å². The van der Waals surface area contributed by atoms with Crippen LogP contribution in [-0.4, -0.2) is 92.9 Å². The summed E-state index contributed by atoms with van der Waals surface area (Å²) in [7, 11) is 0. The molecule has 0 fully saturated rings. The van der Waals surface area contributed by atoms with Crippen molar-refractivity contribution in [2.75, 3.05) is 18.9 Å². The monoisotopic (exact) mass is 501 g/mol. The molecule has 3 amide bonds. The highest BCUT2D eigenvalue weighted by Crippen LogP contribution is 2.04. The molecule has 0 saturated heterocycles. The van der Waals surface area contributed by atoms with Gasteiger partial charge in [-0.15, -0.1) is 0 Å². The molecule has 16 heteroatoms. The highest BCUT2D eigenvalue weighted by atomic mass is 32.1. The number of hydrogen-bond acceptors (Lipinski definition) is 9. The molecule has 1 heterocycles. The number of rotatable bonds is 15. The van der Waals surface area contributed by atoms with Gasteiger partial charge in [0, 0.05) is 30.6 Å². The van der Waals surface area contributed by atoms with Crippen LogP contribution in [-0.2, 0) is 25.6 Å². The number of aromatic nitrogens is 2. The van der Waals surface area contributed by atoms with Gasteiger partial charge in [-0.05, 0) is 12.8 Å². The Balaban J connectivity index is 2.93. The second-order valence-electron chi connectivity index (χ2n) is 7.22. The summed E-state index contributed by atoms with van der Waals surface area (Å²) in [6.07, 6.45) is 3.07. The van der Waals surface area contributed by atoms with Gasteiger partial charge in [-0.25, -0.2) is 9.78 Å². The Kier molecular flexibility index (Phi) is 12.4. The van der Waals surface area contributed by atoms with Crippen LogP contribution in [0.3, 0.4) is 0 Å². The normalized spacial score (nSPS) is 14.2. The minimum atomic E-state index is -1.30. The van der Waals surface area contributed by atoms with Gasteiger partial charge >= 0.3 is 5.97 Å². The highest BCUT2D eigenvalue weighted by Gasteiger charge is 2.30. The largest absolute Gasteiger partial charge is 0.480 e. The van der Waals surface area contributed by atoms with Crippen LogP contribution >= 0.6 is 12.6 Å². The zero-order chi connectivity index (χ0) is 25.7. The number of carbonyl (C=O) groups is 4. The van der Waals surface area contributed by atoms with Crippen molar-refractivity contribution in [3.63, 3.8) is 0 Å². The summed E-state index contributed by atoms with van der Waals surface area (Å²) < 4.78 is 0. The smallest absolute Gasteiger partial charge is 0.326 e. The third-order valence-corrected chi connectivity index (χ3v) is 4.89. The van der Waals surface area contributed by atoms with E-state index in [1.807, 2.05) is 0 Å². The van der Waals surface area contributed by atoms with Crippen molar-refractivity contribution in [3.8, 4) is 0 Å². The number of thiol groups is 1. The molecule has 15 nitrogen and oxygen atoms in total. The molecule has 4 unspecified atom stereocenters. The van der Waals surface area contributed by atoms with Gasteiger partial charge in [0.25, 0.3) is 0 Å². The summed E-state index contributed by atoms with van der Waals surface area (Å²) in [6, 6.07) is -4.88. The maximum Gasteiger partial charge on any atom is 0.326 e. The standard InChI is InChI=1S/C18H31N9O6S/c19-10(6-28)14(29)27-13(7-34)16(31)25-11(2-1-3-23-18(20)21)15(30)26-12(17(32)33)4-9-5-22-8-24-9/h5,8,10-13,28,34H,1-4,6-7,19H2,(H,22,24)(H,25,31)(H,26,30)(H,27,29)(H,32,33)(H4,20,21,23). The number of H-pyrrole nitrogens is 1. The van der Waals surface area contributed by atoms with Gasteiger partial charge in [0.1, 0.15) is 24.2 Å². The fourth-order valence-electron chi connectivity index (χ4n) is 2.69. The number of carboxylic acids is 1. The zero-order valence-corrected chi connectivity index (χ0v) is 19.2. The number of aliphatic hydroxyl groups is 1. The van der Waals surface area contributed by atoms with Gasteiger partial charge in [-0.3, -0.25) is 19.4 Å².